The van der Waals surface area contributed by atoms with E-state index in [1.54, 1.807) is 4.68 Å². The Morgan fingerprint density at radius 1 is 1.28 bits per heavy atom. The van der Waals surface area contributed by atoms with Crippen LogP contribution in [-0.4, -0.2) is 14.9 Å². The van der Waals surface area contributed by atoms with E-state index < -0.39 is 6.10 Å². The summed E-state index contributed by atoms with van der Waals surface area (Å²) in [7, 11) is 1.89. The second-order valence-corrected chi connectivity index (χ2v) is 4.76. The van der Waals surface area contributed by atoms with E-state index in [0.29, 0.717) is 6.42 Å². The lowest BCUT2D eigenvalue weighted by Gasteiger charge is -2.10. The molecule has 1 unspecified atom stereocenters. The summed E-state index contributed by atoms with van der Waals surface area (Å²) in [6.07, 6.45) is 2.92. The summed E-state index contributed by atoms with van der Waals surface area (Å²) in [5.74, 6) is 0. The summed E-state index contributed by atoms with van der Waals surface area (Å²) in [6, 6.07) is 8.29. The maximum Gasteiger partial charge on any atom is 0.0863 e. The van der Waals surface area contributed by atoms with Gasteiger partial charge in [0.05, 0.1) is 11.8 Å². The average molecular weight is 244 g/mol. The lowest BCUT2D eigenvalue weighted by molar-refractivity contribution is 0.177. The van der Waals surface area contributed by atoms with Gasteiger partial charge in [-0.15, -0.1) is 0 Å². The molecule has 96 valence electrons. The van der Waals surface area contributed by atoms with Gasteiger partial charge in [0.1, 0.15) is 0 Å². The highest BCUT2D eigenvalue weighted by molar-refractivity contribution is 5.26. The molecule has 0 saturated heterocycles. The molecule has 3 heteroatoms. The normalized spacial score (nSPS) is 12.7. The van der Waals surface area contributed by atoms with Gasteiger partial charge in [0, 0.05) is 25.2 Å². The molecule has 0 saturated carbocycles. The first-order chi connectivity index (χ1) is 8.60. The van der Waals surface area contributed by atoms with Crippen molar-refractivity contribution in [3.8, 4) is 0 Å². The molecule has 0 aliphatic rings. The third-order valence-electron chi connectivity index (χ3n) is 3.18. The minimum atomic E-state index is -0.476. The van der Waals surface area contributed by atoms with Gasteiger partial charge < -0.3 is 5.11 Å². The summed E-state index contributed by atoms with van der Waals surface area (Å²) in [5.41, 5.74) is 4.32. The van der Waals surface area contributed by atoms with Gasteiger partial charge in [0.25, 0.3) is 0 Å². The van der Waals surface area contributed by atoms with Crippen LogP contribution in [0.4, 0.5) is 0 Å². The summed E-state index contributed by atoms with van der Waals surface area (Å²) < 4.78 is 1.77. The predicted molar refractivity (Wildman–Crippen MR) is 72.4 cm³/mol. The topological polar surface area (TPSA) is 38.0 Å². The first kappa shape index (κ1) is 12.8. The Morgan fingerprint density at radius 3 is 2.56 bits per heavy atom. The number of aromatic nitrogens is 2. The molecule has 3 nitrogen and oxygen atoms in total. The van der Waals surface area contributed by atoms with Gasteiger partial charge in [-0.1, -0.05) is 36.8 Å². The number of rotatable bonds is 4. The molecule has 0 radical (unpaired) electrons. The maximum atomic E-state index is 10.3. The molecule has 0 aliphatic heterocycles. The molecule has 1 N–H and O–H groups in total. The number of benzene rings is 1. The van der Waals surface area contributed by atoms with E-state index in [0.717, 1.165) is 23.2 Å². The minimum Gasteiger partial charge on any atom is -0.388 e. The number of aryl methyl sites for hydroxylation is 3. The van der Waals surface area contributed by atoms with Gasteiger partial charge in [-0.2, -0.15) is 5.10 Å². The molecule has 1 heterocycles. The fourth-order valence-corrected chi connectivity index (χ4v) is 2.16. The molecule has 2 aromatic rings. The molecule has 2 rings (SSSR count). The Labute approximate surface area is 108 Å². The smallest absolute Gasteiger partial charge is 0.0863 e. The SMILES string of the molecule is CCc1nn(C)cc1C(O)Cc1ccc(C)cc1. The van der Waals surface area contributed by atoms with Crippen molar-refractivity contribution in [3.63, 3.8) is 0 Å². The number of hydrogen-bond acceptors (Lipinski definition) is 2. The molecule has 0 bridgehead atoms. The zero-order valence-electron chi connectivity index (χ0n) is 11.2. The summed E-state index contributed by atoms with van der Waals surface area (Å²) in [4.78, 5) is 0. The van der Waals surface area contributed by atoms with E-state index in [1.807, 2.05) is 13.2 Å². The molecular formula is C15H20N2O. The van der Waals surface area contributed by atoms with Crippen molar-refractivity contribution in [1.29, 1.82) is 0 Å². The van der Waals surface area contributed by atoms with Crippen molar-refractivity contribution < 1.29 is 5.11 Å². The van der Waals surface area contributed by atoms with Crippen LogP contribution < -0.4 is 0 Å². The molecule has 0 amide bonds. The fourth-order valence-electron chi connectivity index (χ4n) is 2.16. The Hall–Kier alpha value is -1.61. The van der Waals surface area contributed by atoms with Gasteiger partial charge in [-0.25, -0.2) is 0 Å². The lowest BCUT2D eigenvalue weighted by atomic mass is 10.0. The highest BCUT2D eigenvalue weighted by Gasteiger charge is 2.15. The molecule has 0 aliphatic carbocycles. The predicted octanol–water partition coefficient (Wildman–Crippen LogP) is 2.57. The van der Waals surface area contributed by atoms with Crippen molar-refractivity contribution in [1.82, 2.24) is 9.78 Å². The molecule has 18 heavy (non-hydrogen) atoms. The monoisotopic (exact) mass is 244 g/mol. The van der Waals surface area contributed by atoms with Crippen LogP contribution in [0.5, 0.6) is 0 Å². The van der Waals surface area contributed by atoms with Crippen molar-refractivity contribution >= 4 is 0 Å². The fraction of sp³-hybridized carbons (Fsp3) is 0.400. The highest BCUT2D eigenvalue weighted by Crippen LogP contribution is 2.21. The van der Waals surface area contributed by atoms with Gasteiger partial charge >= 0.3 is 0 Å². The van der Waals surface area contributed by atoms with Crippen LogP contribution in [-0.2, 0) is 19.9 Å². The molecule has 0 spiro atoms. The van der Waals surface area contributed by atoms with Crippen molar-refractivity contribution in [3.05, 3.63) is 52.8 Å². The molecule has 1 atom stereocenters. The van der Waals surface area contributed by atoms with Crippen LogP contribution in [0.1, 0.15) is 35.4 Å². The maximum absolute atomic E-state index is 10.3. The Balaban J connectivity index is 2.16. The first-order valence-corrected chi connectivity index (χ1v) is 6.36. The van der Waals surface area contributed by atoms with E-state index >= 15 is 0 Å². The minimum absolute atomic E-state index is 0.476. The van der Waals surface area contributed by atoms with Crippen molar-refractivity contribution in [2.45, 2.75) is 32.8 Å². The zero-order chi connectivity index (χ0) is 13.1. The van der Waals surface area contributed by atoms with E-state index in [-0.39, 0.29) is 0 Å². The standard InChI is InChI=1S/C15H20N2O/c1-4-14-13(10-17(3)16-14)15(18)9-12-7-5-11(2)6-8-12/h5-8,10,15,18H,4,9H2,1-3H3. The molecule has 1 aromatic carbocycles. The van der Waals surface area contributed by atoms with Gasteiger partial charge in [0.15, 0.2) is 0 Å². The van der Waals surface area contributed by atoms with Gasteiger partial charge in [-0.3, -0.25) is 4.68 Å². The van der Waals surface area contributed by atoms with Gasteiger partial charge in [0.2, 0.25) is 0 Å². The van der Waals surface area contributed by atoms with Crippen molar-refractivity contribution in [2.24, 2.45) is 7.05 Å². The van der Waals surface area contributed by atoms with Crippen LogP contribution in [0.25, 0.3) is 0 Å². The largest absolute Gasteiger partial charge is 0.388 e. The van der Waals surface area contributed by atoms with E-state index in [2.05, 4.69) is 43.2 Å². The Morgan fingerprint density at radius 2 is 1.94 bits per heavy atom. The van der Waals surface area contributed by atoms with E-state index in [1.165, 1.54) is 5.56 Å². The summed E-state index contributed by atoms with van der Waals surface area (Å²) in [6.45, 7) is 4.13. The number of aliphatic hydroxyl groups is 1. The number of hydrogen-bond donors (Lipinski definition) is 1. The Kier molecular flexibility index (Phi) is 3.82. The third-order valence-corrected chi connectivity index (χ3v) is 3.18. The summed E-state index contributed by atoms with van der Waals surface area (Å²) >= 11 is 0. The highest BCUT2D eigenvalue weighted by atomic mass is 16.3. The van der Waals surface area contributed by atoms with Crippen LogP contribution in [0, 0.1) is 6.92 Å². The second-order valence-electron chi connectivity index (χ2n) is 4.76. The summed E-state index contributed by atoms with van der Waals surface area (Å²) in [5, 5.41) is 14.7. The second kappa shape index (κ2) is 5.36. The van der Waals surface area contributed by atoms with Gasteiger partial charge in [-0.05, 0) is 18.9 Å². The van der Waals surface area contributed by atoms with E-state index in [9.17, 15) is 5.11 Å². The molecular weight excluding hydrogens is 224 g/mol. The van der Waals surface area contributed by atoms with Crippen LogP contribution >= 0.6 is 0 Å². The lowest BCUT2D eigenvalue weighted by Crippen LogP contribution is -2.03. The third kappa shape index (κ3) is 2.79. The molecule has 1 aromatic heterocycles. The Bertz CT molecular complexity index is 514. The first-order valence-electron chi connectivity index (χ1n) is 6.36. The molecule has 0 fully saturated rings. The number of nitrogens with zero attached hydrogens (tertiary/aromatic N) is 2. The van der Waals surface area contributed by atoms with E-state index in [4.69, 9.17) is 0 Å². The van der Waals surface area contributed by atoms with Crippen molar-refractivity contribution in [2.75, 3.05) is 0 Å². The van der Waals surface area contributed by atoms with Crippen LogP contribution in [0.2, 0.25) is 0 Å². The quantitative estimate of drug-likeness (QED) is 0.897. The average Bonchev–Trinajstić information content (AvgIpc) is 2.73. The number of aliphatic hydroxyl groups excluding tert-OH is 1. The van der Waals surface area contributed by atoms with Crippen LogP contribution in [0.3, 0.4) is 0 Å². The zero-order valence-corrected chi connectivity index (χ0v) is 11.2. The van der Waals surface area contributed by atoms with Crippen LogP contribution in [0.15, 0.2) is 30.5 Å².